The van der Waals surface area contributed by atoms with Gasteiger partial charge in [0.05, 0.1) is 12.1 Å². The van der Waals surface area contributed by atoms with Crippen molar-refractivity contribution < 1.29 is 19.1 Å². The van der Waals surface area contributed by atoms with Crippen molar-refractivity contribution in [3.05, 3.63) is 0 Å². The van der Waals surface area contributed by atoms with Gasteiger partial charge in [0.25, 0.3) is 5.91 Å². The van der Waals surface area contributed by atoms with Crippen LogP contribution in [0, 0.1) is 0 Å². The van der Waals surface area contributed by atoms with Crippen LogP contribution in [0.25, 0.3) is 0 Å². The van der Waals surface area contributed by atoms with E-state index in [-0.39, 0.29) is 30.3 Å². The van der Waals surface area contributed by atoms with Crippen LogP contribution in [0.1, 0.15) is 40.5 Å². The quantitative estimate of drug-likeness (QED) is 0.816. The molecule has 2 fully saturated rings. The minimum absolute atomic E-state index is 0.00589. The summed E-state index contributed by atoms with van der Waals surface area (Å²) in [7, 11) is 0. The van der Waals surface area contributed by atoms with Gasteiger partial charge >= 0.3 is 6.09 Å². The molecule has 7 heteroatoms. The molecule has 2 aliphatic heterocycles. The van der Waals surface area contributed by atoms with Gasteiger partial charge in [-0.1, -0.05) is 0 Å². The van der Waals surface area contributed by atoms with E-state index in [2.05, 4.69) is 0 Å². The normalized spacial score (nSPS) is 28.8. The molecule has 0 bridgehead atoms. The zero-order valence-corrected chi connectivity index (χ0v) is 14.6. The highest BCUT2D eigenvalue weighted by molar-refractivity contribution is 5.82. The third-order valence-corrected chi connectivity index (χ3v) is 4.20. The molecule has 3 atom stereocenters. The molecule has 0 aromatic rings. The van der Waals surface area contributed by atoms with Crippen molar-refractivity contribution in [3.63, 3.8) is 0 Å². The Labute approximate surface area is 138 Å². The second-order valence-corrected chi connectivity index (χ2v) is 7.36. The maximum absolute atomic E-state index is 12.6. The van der Waals surface area contributed by atoms with Crippen LogP contribution in [0.2, 0.25) is 0 Å². The largest absolute Gasteiger partial charge is 0.444 e. The first-order valence-electron chi connectivity index (χ1n) is 8.35. The maximum Gasteiger partial charge on any atom is 0.410 e. The van der Waals surface area contributed by atoms with E-state index >= 15 is 0 Å². The van der Waals surface area contributed by atoms with Crippen molar-refractivity contribution in [3.8, 4) is 0 Å². The van der Waals surface area contributed by atoms with E-state index in [1.807, 2.05) is 27.7 Å². The van der Waals surface area contributed by atoms with Gasteiger partial charge in [0.1, 0.15) is 11.7 Å². The molecule has 0 spiro atoms. The Hall–Kier alpha value is -1.34. The molecule has 0 aromatic carbocycles. The van der Waals surface area contributed by atoms with Crippen LogP contribution in [0.4, 0.5) is 4.79 Å². The average Bonchev–Trinajstić information content (AvgIpc) is 2.90. The number of carbonyl (C=O) groups is 2. The Bertz CT molecular complexity index is 449. The summed E-state index contributed by atoms with van der Waals surface area (Å²) in [5, 5.41) is 0. The van der Waals surface area contributed by atoms with E-state index in [1.165, 1.54) is 0 Å². The number of hydrogen-bond acceptors (Lipinski definition) is 5. The van der Waals surface area contributed by atoms with E-state index in [4.69, 9.17) is 15.2 Å². The number of ether oxygens (including phenoxy) is 2. The van der Waals surface area contributed by atoms with Gasteiger partial charge in [0.2, 0.25) is 0 Å². The lowest BCUT2D eigenvalue weighted by molar-refractivity contribution is -0.147. The summed E-state index contributed by atoms with van der Waals surface area (Å²) in [5.41, 5.74) is 5.30. The predicted molar refractivity (Wildman–Crippen MR) is 85.9 cm³/mol. The minimum atomic E-state index is -0.532. The summed E-state index contributed by atoms with van der Waals surface area (Å²) < 4.78 is 11.1. The van der Waals surface area contributed by atoms with Gasteiger partial charge in [-0.3, -0.25) is 4.79 Å². The van der Waals surface area contributed by atoms with Crippen molar-refractivity contribution in [2.45, 2.75) is 64.4 Å². The van der Waals surface area contributed by atoms with Crippen molar-refractivity contribution in [2.75, 3.05) is 26.2 Å². The number of nitrogens with zero attached hydrogens (tertiary/aromatic N) is 2. The summed E-state index contributed by atoms with van der Waals surface area (Å²) in [5.74, 6) is -0.00589. The summed E-state index contributed by atoms with van der Waals surface area (Å²) in [6.45, 7) is 9.13. The molecule has 2 aliphatic rings. The second kappa shape index (κ2) is 7.05. The number of hydrogen-bond donors (Lipinski definition) is 1. The van der Waals surface area contributed by atoms with E-state index in [0.717, 1.165) is 12.8 Å². The number of piperazine rings is 1. The monoisotopic (exact) mass is 327 g/mol. The molecule has 23 heavy (non-hydrogen) atoms. The summed E-state index contributed by atoms with van der Waals surface area (Å²) in [6, 6.07) is -0.191. The number of amides is 2. The van der Waals surface area contributed by atoms with E-state index < -0.39 is 5.60 Å². The van der Waals surface area contributed by atoms with Crippen molar-refractivity contribution in [1.29, 1.82) is 0 Å². The molecular formula is C16H29N3O4. The maximum atomic E-state index is 12.6. The van der Waals surface area contributed by atoms with Crippen LogP contribution < -0.4 is 5.73 Å². The molecule has 2 N–H and O–H groups in total. The first-order chi connectivity index (χ1) is 10.7. The van der Waals surface area contributed by atoms with Crippen LogP contribution >= 0.6 is 0 Å². The Morgan fingerprint density at radius 1 is 1.26 bits per heavy atom. The molecule has 132 valence electrons. The minimum Gasteiger partial charge on any atom is -0.444 e. The molecule has 0 aliphatic carbocycles. The molecule has 0 aromatic heterocycles. The highest BCUT2D eigenvalue weighted by atomic mass is 16.6. The molecule has 0 radical (unpaired) electrons. The molecule has 2 saturated heterocycles. The average molecular weight is 327 g/mol. The molecule has 2 heterocycles. The summed E-state index contributed by atoms with van der Waals surface area (Å²) in [6.07, 6.45) is 1.06. The lowest BCUT2D eigenvalue weighted by Crippen LogP contribution is -2.61. The van der Waals surface area contributed by atoms with E-state index in [0.29, 0.717) is 26.2 Å². The van der Waals surface area contributed by atoms with Gasteiger partial charge < -0.3 is 25.0 Å². The van der Waals surface area contributed by atoms with E-state index in [1.54, 1.807) is 9.80 Å². The van der Waals surface area contributed by atoms with Gasteiger partial charge in [0.15, 0.2) is 0 Å². The van der Waals surface area contributed by atoms with Crippen molar-refractivity contribution in [1.82, 2.24) is 9.80 Å². The SMILES string of the molecule is CC1CCC(C(=O)N2CCN(C(=O)OC(C)(C)C)CC2CN)O1. The van der Waals surface area contributed by atoms with Gasteiger partial charge in [-0.2, -0.15) is 0 Å². The van der Waals surface area contributed by atoms with Gasteiger partial charge in [0, 0.05) is 26.2 Å². The Balaban J connectivity index is 1.96. The number of carbonyl (C=O) groups excluding carboxylic acids is 2. The molecule has 2 rings (SSSR count). The first-order valence-corrected chi connectivity index (χ1v) is 8.35. The number of rotatable bonds is 2. The molecule has 0 saturated carbocycles. The molecule has 2 amide bonds. The standard InChI is InChI=1S/C16H29N3O4/c1-11-5-6-13(22-11)14(20)19-8-7-18(10-12(19)9-17)15(21)23-16(2,3)4/h11-13H,5-10,17H2,1-4H3. The zero-order valence-electron chi connectivity index (χ0n) is 14.6. The van der Waals surface area contributed by atoms with Crippen LogP contribution in [0.3, 0.4) is 0 Å². The highest BCUT2D eigenvalue weighted by Crippen LogP contribution is 2.23. The number of nitrogens with two attached hydrogens (primary N) is 1. The van der Waals surface area contributed by atoms with Crippen LogP contribution in [0.5, 0.6) is 0 Å². The molecule has 3 unspecified atom stereocenters. The fraction of sp³-hybridized carbons (Fsp3) is 0.875. The van der Waals surface area contributed by atoms with Crippen LogP contribution in [0.15, 0.2) is 0 Å². The predicted octanol–water partition coefficient (Wildman–Crippen LogP) is 0.961. The van der Waals surface area contributed by atoms with E-state index in [9.17, 15) is 9.59 Å². The summed E-state index contributed by atoms with van der Waals surface area (Å²) in [4.78, 5) is 28.2. The Morgan fingerprint density at radius 3 is 2.48 bits per heavy atom. The van der Waals surface area contributed by atoms with Crippen molar-refractivity contribution >= 4 is 12.0 Å². The fourth-order valence-electron chi connectivity index (χ4n) is 3.01. The zero-order chi connectivity index (χ0) is 17.2. The van der Waals surface area contributed by atoms with Gasteiger partial charge in [-0.15, -0.1) is 0 Å². The third-order valence-electron chi connectivity index (χ3n) is 4.20. The lowest BCUT2D eigenvalue weighted by Gasteiger charge is -2.42. The summed E-state index contributed by atoms with van der Waals surface area (Å²) >= 11 is 0. The molecular weight excluding hydrogens is 298 g/mol. The highest BCUT2D eigenvalue weighted by Gasteiger charge is 2.38. The smallest absolute Gasteiger partial charge is 0.410 e. The van der Waals surface area contributed by atoms with Crippen LogP contribution in [-0.2, 0) is 14.3 Å². The fourth-order valence-corrected chi connectivity index (χ4v) is 3.01. The van der Waals surface area contributed by atoms with Gasteiger partial charge in [-0.25, -0.2) is 4.79 Å². The first kappa shape index (κ1) is 18.0. The molecule has 7 nitrogen and oxygen atoms in total. The van der Waals surface area contributed by atoms with Crippen molar-refractivity contribution in [2.24, 2.45) is 5.73 Å². The van der Waals surface area contributed by atoms with Crippen LogP contribution in [-0.4, -0.2) is 71.8 Å². The lowest BCUT2D eigenvalue weighted by atomic mass is 10.1. The second-order valence-electron chi connectivity index (χ2n) is 7.36. The third kappa shape index (κ3) is 4.57. The van der Waals surface area contributed by atoms with Gasteiger partial charge in [-0.05, 0) is 40.5 Å². The topological polar surface area (TPSA) is 85.1 Å². The Morgan fingerprint density at radius 2 is 1.96 bits per heavy atom. The Kier molecular flexibility index (Phi) is 5.52.